The molecule has 1 aromatic rings. The van der Waals surface area contributed by atoms with Crippen molar-refractivity contribution in [1.29, 1.82) is 0 Å². The lowest BCUT2D eigenvalue weighted by Crippen LogP contribution is -2.61. The molecule has 2 fully saturated rings. The van der Waals surface area contributed by atoms with E-state index in [1.165, 1.54) is 5.56 Å². The van der Waals surface area contributed by atoms with E-state index in [2.05, 4.69) is 31.3 Å². The van der Waals surface area contributed by atoms with Gasteiger partial charge in [-0.3, -0.25) is 4.79 Å². The predicted octanol–water partition coefficient (Wildman–Crippen LogP) is 1.75. The Kier molecular flexibility index (Phi) is 4.00. The molecule has 0 saturated carbocycles. The van der Waals surface area contributed by atoms with E-state index in [1.807, 2.05) is 23.1 Å². The van der Waals surface area contributed by atoms with E-state index >= 15 is 0 Å². The summed E-state index contributed by atoms with van der Waals surface area (Å²) in [4.78, 5) is 14.2. The van der Waals surface area contributed by atoms with Crippen LogP contribution in [0.5, 0.6) is 0 Å². The lowest BCUT2D eigenvalue weighted by atomic mass is 9.70. The van der Waals surface area contributed by atoms with Crippen molar-refractivity contribution in [3.05, 3.63) is 35.9 Å². The van der Waals surface area contributed by atoms with Crippen LogP contribution in [-0.4, -0.2) is 47.7 Å². The summed E-state index contributed by atoms with van der Waals surface area (Å²) >= 11 is 0. The number of likely N-dealkylation sites (tertiary alicyclic amines) is 1. The Bertz CT molecular complexity index is 543. The van der Waals surface area contributed by atoms with Crippen molar-refractivity contribution in [2.45, 2.75) is 38.2 Å². The highest BCUT2D eigenvalue weighted by Crippen LogP contribution is 2.38. The number of rotatable bonds is 3. The number of piperidine rings is 1. The van der Waals surface area contributed by atoms with Gasteiger partial charge in [0.1, 0.15) is 0 Å². The van der Waals surface area contributed by atoms with Gasteiger partial charge in [-0.2, -0.15) is 0 Å². The van der Waals surface area contributed by atoms with E-state index in [0.717, 1.165) is 13.1 Å². The van der Waals surface area contributed by atoms with Gasteiger partial charge in [0.05, 0.1) is 12.1 Å². The van der Waals surface area contributed by atoms with Gasteiger partial charge >= 0.3 is 0 Å². The molecule has 2 N–H and O–H groups in total. The highest BCUT2D eigenvalue weighted by atomic mass is 16.3. The molecule has 0 aromatic heterocycles. The van der Waals surface area contributed by atoms with Crippen molar-refractivity contribution in [1.82, 2.24) is 10.2 Å². The van der Waals surface area contributed by atoms with E-state index in [9.17, 15) is 9.90 Å². The molecule has 0 aliphatic carbocycles. The second kappa shape index (κ2) is 5.67. The van der Waals surface area contributed by atoms with Crippen LogP contribution in [0.3, 0.4) is 0 Å². The molecule has 0 radical (unpaired) electrons. The lowest BCUT2D eigenvalue weighted by molar-refractivity contribution is -0.139. The summed E-state index contributed by atoms with van der Waals surface area (Å²) in [6.45, 7) is 6.92. The number of nitrogens with one attached hydrogen (secondary N) is 1. The molecule has 3 rings (SSSR count). The van der Waals surface area contributed by atoms with E-state index in [1.54, 1.807) is 0 Å². The number of benzene rings is 1. The highest BCUT2D eigenvalue weighted by Gasteiger charge is 2.48. The number of carbonyl (C=O) groups excluding carboxylic acids is 1. The molecular formula is C18H26N2O2. The molecule has 22 heavy (non-hydrogen) atoms. The molecule has 4 nitrogen and oxygen atoms in total. The zero-order chi connectivity index (χ0) is 15.8. The van der Waals surface area contributed by atoms with Crippen LogP contribution in [0.4, 0.5) is 0 Å². The Morgan fingerprint density at radius 1 is 1.32 bits per heavy atom. The summed E-state index contributed by atoms with van der Waals surface area (Å²) in [6.07, 6.45) is 1.25. The minimum Gasteiger partial charge on any atom is -0.387 e. The molecule has 1 aromatic carbocycles. The van der Waals surface area contributed by atoms with Crippen molar-refractivity contribution < 1.29 is 9.90 Å². The highest BCUT2D eigenvalue weighted by molar-refractivity contribution is 5.79. The fourth-order valence-electron chi connectivity index (χ4n) is 3.68. The van der Waals surface area contributed by atoms with Gasteiger partial charge in [-0.15, -0.1) is 0 Å². The van der Waals surface area contributed by atoms with Crippen LogP contribution in [-0.2, 0) is 4.79 Å². The first-order chi connectivity index (χ1) is 10.4. The molecule has 0 bridgehead atoms. The minimum atomic E-state index is -0.806. The van der Waals surface area contributed by atoms with Crippen LogP contribution in [0, 0.1) is 5.41 Å². The molecule has 0 spiro atoms. The number of β-amino-alcohol motifs (C(OH)–C–C–N with tert-alkyl or cyclic N) is 1. The normalized spacial score (nSPS) is 31.5. The second-order valence-electron chi connectivity index (χ2n) is 7.43. The van der Waals surface area contributed by atoms with Crippen molar-refractivity contribution in [3.8, 4) is 0 Å². The van der Waals surface area contributed by atoms with Gasteiger partial charge in [-0.05, 0) is 18.5 Å². The summed E-state index contributed by atoms with van der Waals surface area (Å²) in [5.41, 5.74) is 0.186. The molecule has 4 heteroatoms. The number of aliphatic hydroxyl groups is 1. The van der Waals surface area contributed by atoms with Crippen LogP contribution >= 0.6 is 0 Å². The third-order valence-electron chi connectivity index (χ3n) is 5.48. The number of hydrogen-bond acceptors (Lipinski definition) is 3. The van der Waals surface area contributed by atoms with Crippen molar-refractivity contribution in [3.63, 3.8) is 0 Å². The van der Waals surface area contributed by atoms with Gasteiger partial charge in [0.2, 0.25) is 5.91 Å². The molecular weight excluding hydrogens is 276 g/mol. The summed E-state index contributed by atoms with van der Waals surface area (Å²) in [6, 6.07) is 10.2. The first-order valence-electron chi connectivity index (χ1n) is 8.17. The van der Waals surface area contributed by atoms with Crippen LogP contribution in [0.25, 0.3) is 0 Å². The molecule has 2 heterocycles. The standard InChI is InChI=1S/C18H26N2O2/c1-17(2)12-19-9-8-18(17,22)13-20-11-15(10-16(20)21)14-6-4-3-5-7-14/h3-7,15,19,22H,8-13H2,1-2H3. The van der Waals surface area contributed by atoms with Crippen LogP contribution in [0.2, 0.25) is 0 Å². The van der Waals surface area contributed by atoms with E-state index in [4.69, 9.17) is 0 Å². The average Bonchev–Trinajstić information content (AvgIpc) is 2.84. The summed E-state index contributed by atoms with van der Waals surface area (Å²) < 4.78 is 0. The second-order valence-corrected chi connectivity index (χ2v) is 7.43. The van der Waals surface area contributed by atoms with Crippen molar-refractivity contribution in [2.75, 3.05) is 26.2 Å². The number of nitrogens with zero attached hydrogens (tertiary/aromatic N) is 1. The largest absolute Gasteiger partial charge is 0.387 e. The fourth-order valence-corrected chi connectivity index (χ4v) is 3.68. The SMILES string of the molecule is CC1(C)CNCCC1(O)CN1CC(c2ccccc2)CC1=O. The number of amides is 1. The van der Waals surface area contributed by atoms with Gasteiger partial charge in [-0.1, -0.05) is 44.2 Å². The van der Waals surface area contributed by atoms with Crippen molar-refractivity contribution in [2.24, 2.45) is 5.41 Å². The molecule has 120 valence electrons. The first kappa shape index (κ1) is 15.5. The molecule has 1 amide bonds. The Morgan fingerprint density at radius 3 is 2.73 bits per heavy atom. The summed E-state index contributed by atoms with van der Waals surface area (Å²) in [5.74, 6) is 0.415. The molecule has 2 atom stereocenters. The van der Waals surface area contributed by atoms with Gasteiger partial charge in [0.25, 0.3) is 0 Å². The van der Waals surface area contributed by atoms with Gasteiger partial charge < -0.3 is 15.3 Å². The maximum absolute atomic E-state index is 12.4. The van der Waals surface area contributed by atoms with Crippen molar-refractivity contribution >= 4 is 5.91 Å². The Hall–Kier alpha value is -1.39. The topological polar surface area (TPSA) is 52.6 Å². The predicted molar refractivity (Wildman–Crippen MR) is 86.6 cm³/mol. The Labute approximate surface area is 132 Å². The van der Waals surface area contributed by atoms with Gasteiger partial charge in [-0.25, -0.2) is 0 Å². The molecule has 2 aliphatic heterocycles. The maximum atomic E-state index is 12.4. The monoisotopic (exact) mass is 302 g/mol. The molecule has 2 aliphatic rings. The average molecular weight is 302 g/mol. The lowest BCUT2D eigenvalue weighted by Gasteiger charge is -2.48. The summed E-state index contributed by atoms with van der Waals surface area (Å²) in [7, 11) is 0. The third kappa shape index (κ3) is 2.77. The minimum absolute atomic E-state index is 0.164. The van der Waals surface area contributed by atoms with Crippen LogP contribution in [0.15, 0.2) is 30.3 Å². The van der Waals surface area contributed by atoms with Crippen LogP contribution < -0.4 is 5.32 Å². The summed E-state index contributed by atoms with van der Waals surface area (Å²) in [5, 5.41) is 14.4. The fraction of sp³-hybridized carbons (Fsp3) is 0.611. The van der Waals surface area contributed by atoms with Gasteiger partial charge in [0.15, 0.2) is 0 Å². The Balaban J connectivity index is 1.72. The zero-order valence-electron chi connectivity index (χ0n) is 13.5. The van der Waals surface area contributed by atoms with Gasteiger partial charge in [0, 0.05) is 30.8 Å². The number of hydrogen-bond donors (Lipinski definition) is 2. The van der Waals surface area contributed by atoms with Crippen LogP contribution in [0.1, 0.15) is 38.2 Å². The van der Waals surface area contributed by atoms with E-state index < -0.39 is 5.60 Å². The van der Waals surface area contributed by atoms with E-state index in [-0.39, 0.29) is 17.2 Å². The molecule has 2 unspecified atom stereocenters. The smallest absolute Gasteiger partial charge is 0.223 e. The first-order valence-corrected chi connectivity index (χ1v) is 8.17. The third-order valence-corrected chi connectivity index (χ3v) is 5.48. The van der Waals surface area contributed by atoms with E-state index in [0.29, 0.717) is 25.9 Å². The number of carbonyl (C=O) groups is 1. The maximum Gasteiger partial charge on any atom is 0.223 e. The molecule has 2 saturated heterocycles. The Morgan fingerprint density at radius 2 is 2.05 bits per heavy atom. The quantitative estimate of drug-likeness (QED) is 0.894. The zero-order valence-corrected chi connectivity index (χ0v) is 13.5.